The fourth-order valence-electron chi connectivity index (χ4n) is 1.58. The van der Waals surface area contributed by atoms with Gasteiger partial charge in [0.2, 0.25) is 0 Å². The number of thiophene rings is 1. The van der Waals surface area contributed by atoms with E-state index in [1.54, 1.807) is 11.3 Å². The van der Waals surface area contributed by atoms with Crippen LogP contribution in [0.2, 0.25) is 5.02 Å². The van der Waals surface area contributed by atoms with Gasteiger partial charge in [0, 0.05) is 18.0 Å². The van der Waals surface area contributed by atoms with Crippen LogP contribution >= 0.6 is 22.9 Å². The molecule has 0 bridgehead atoms. The number of hydrogen-bond donors (Lipinski definition) is 1. The number of para-hydroxylation sites is 1. The van der Waals surface area contributed by atoms with Gasteiger partial charge in [0.25, 0.3) is 0 Å². The van der Waals surface area contributed by atoms with E-state index in [1.165, 1.54) is 10.4 Å². The average Bonchev–Trinajstić information content (AvgIpc) is 2.77. The fraction of sp³-hybridized carbons (Fsp3) is 0.286. The molecule has 18 heavy (non-hydrogen) atoms. The highest BCUT2D eigenvalue weighted by Gasteiger charge is 2.00. The summed E-state index contributed by atoms with van der Waals surface area (Å²) < 4.78 is 5.60. The molecule has 1 aromatic carbocycles. The van der Waals surface area contributed by atoms with Gasteiger partial charge in [0.05, 0.1) is 5.02 Å². The Morgan fingerprint density at radius 1 is 1.28 bits per heavy atom. The third-order valence-corrected chi connectivity index (χ3v) is 3.96. The molecule has 0 aliphatic rings. The Hall–Kier alpha value is -1.03. The Labute approximate surface area is 117 Å². The van der Waals surface area contributed by atoms with Crippen LogP contribution in [0.25, 0.3) is 0 Å². The molecular weight excluding hydrogens is 266 g/mol. The van der Waals surface area contributed by atoms with E-state index >= 15 is 0 Å². The summed E-state index contributed by atoms with van der Waals surface area (Å²) in [5, 5.41) is 6.14. The second-order valence-corrected chi connectivity index (χ2v) is 5.39. The van der Waals surface area contributed by atoms with Gasteiger partial charge in [-0.2, -0.15) is 0 Å². The van der Waals surface area contributed by atoms with Gasteiger partial charge in [0.15, 0.2) is 0 Å². The van der Waals surface area contributed by atoms with E-state index in [0.29, 0.717) is 11.6 Å². The topological polar surface area (TPSA) is 21.3 Å². The van der Waals surface area contributed by atoms with E-state index in [9.17, 15) is 0 Å². The van der Waals surface area contributed by atoms with Crippen LogP contribution in [-0.2, 0) is 6.54 Å². The lowest BCUT2D eigenvalue weighted by Gasteiger charge is -2.08. The van der Waals surface area contributed by atoms with E-state index < -0.39 is 0 Å². The summed E-state index contributed by atoms with van der Waals surface area (Å²) in [4.78, 5) is 1.38. The summed E-state index contributed by atoms with van der Waals surface area (Å²) >= 11 is 7.78. The number of aryl methyl sites for hydroxylation is 1. The summed E-state index contributed by atoms with van der Waals surface area (Å²) in [6.07, 6.45) is 0. The maximum atomic E-state index is 6.00. The molecule has 0 radical (unpaired) electrons. The SMILES string of the molecule is Cc1ccsc1CNCCOc1ccccc1Cl. The van der Waals surface area contributed by atoms with Gasteiger partial charge in [0.1, 0.15) is 12.4 Å². The van der Waals surface area contributed by atoms with Crippen molar-refractivity contribution in [2.24, 2.45) is 0 Å². The average molecular weight is 282 g/mol. The second kappa shape index (κ2) is 6.78. The van der Waals surface area contributed by atoms with Gasteiger partial charge in [-0.25, -0.2) is 0 Å². The zero-order valence-electron chi connectivity index (χ0n) is 10.3. The molecule has 0 atom stereocenters. The number of ether oxygens (including phenoxy) is 1. The van der Waals surface area contributed by atoms with Gasteiger partial charge < -0.3 is 10.1 Å². The molecule has 0 unspecified atom stereocenters. The Kier molecular flexibility index (Phi) is 5.05. The molecule has 1 heterocycles. The van der Waals surface area contributed by atoms with Crippen molar-refractivity contribution < 1.29 is 4.74 Å². The monoisotopic (exact) mass is 281 g/mol. The lowest BCUT2D eigenvalue weighted by Crippen LogP contribution is -2.20. The molecule has 96 valence electrons. The van der Waals surface area contributed by atoms with Crippen LogP contribution in [0.3, 0.4) is 0 Å². The van der Waals surface area contributed by atoms with Crippen molar-refractivity contribution in [1.29, 1.82) is 0 Å². The van der Waals surface area contributed by atoms with Crippen LogP contribution in [0.15, 0.2) is 35.7 Å². The minimum atomic E-state index is 0.619. The zero-order valence-corrected chi connectivity index (χ0v) is 11.9. The number of rotatable bonds is 6. The predicted molar refractivity (Wildman–Crippen MR) is 77.7 cm³/mol. The fourth-order valence-corrected chi connectivity index (χ4v) is 2.65. The van der Waals surface area contributed by atoms with Crippen molar-refractivity contribution in [2.45, 2.75) is 13.5 Å². The molecule has 0 aliphatic heterocycles. The number of hydrogen-bond acceptors (Lipinski definition) is 3. The van der Waals surface area contributed by atoms with E-state index in [1.807, 2.05) is 24.3 Å². The van der Waals surface area contributed by atoms with Crippen LogP contribution < -0.4 is 10.1 Å². The van der Waals surface area contributed by atoms with E-state index in [0.717, 1.165) is 18.8 Å². The molecule has 0 aliphatic carbocycles. The van der Waals surface area contributed by atoms with Crippen molar-refractivity contribution in [3.8, 4) is 5.75 Å². The third kappa shape index (κ3) is 3.73. The van der Waals surface area contributed by atoms with Gasteiger partial charge in [-0.3, -0.25) is 0 Å². The lowest BCUT2D eigenvalue weighted by atomic mass is 10.3. The minimum absolute atomic E-state index is 0.619. The van der Waals surface area contributed by atoms with Crippen molar-refractivity contribution in [2.75, 3.05) is 13.2 Å². The molecule has 0 saturated heterocycles. The summed E-state index contributed by atoms with van der Waals surface area (Å²) in [7, 11) is 0. The summed E-state index contributed by atoms with van der Waals surface area (Å²) in [5.74, 6) is 0.744. The van der Waals surface area contributed by atoms with E-state index in [-0.39, 0.29) is 0 Å². The molecule has 0 fully saturated rings. The number of benzene rings is 1. The lowest BCUT2D eigenvalue weighted by molar-refractivity contribution is 0.314. The van der Waals surface area contributed by atoms with Gasteiger partial charge in [-0.1, -0.05) is 23.7 Å². The molecule has 4 heteroatoms. The summed E-state index contributed by atoms with van der Waals surface area (Å²) in [6.45, 7) is 4.46. The predicted octanol–water partition coefficient (Wildman–Crippen LogP) is 3.88. The van der Waals surface area contributed by atoms with E-state index in [4.69, 9.17) is 16.3 Å². The first-order chi connectivity index (χ1) is 8.77. The molecule has 0 amide bonds. The van der Waals surface area contributed by atoms with Crippen LogP contribution in [-0.4, -0.2) is 13.2 Å². The molecule has 1 N–H and O–H groups in total. The highest BCUT2D eigenvalue weighted by Crippen LogP contribution is 2.22. The number of nitrogens with one attached hydrogen (secondary N) is 1. The molecule has 1 aromatic heterocycles. The normalized spacial score (nSPS) is 10.6. The zero-order chi connectivity index (χ0) is 12.8. The largest absolute Gasteiger partial charge is 0.491 e. The molecule has 2 nitrogen and oxygen atoms in total. The van der Waals surface area contributed by atoms with Crippen LogP contribution in [0.5, 0.6) is 5.75 Å². The minimum Gasteiger partial charge on any atom is -0.491 e. The quantitative estimate of drug-likeness (QED) is 0.812. The Morgan fingerprint density at radius 2 is 2.11 bits per heavy atom. The van der Waals surface area contributed by atoms with E-state index in [2.05, 4.69) is 23.7 Å². The number of halogens is 1. The van der Waals surface area contributed by atoms with Gasteiger partial charge >= 0.3 is 0 Å². The molecule has 0 saturated carbocycles. The maximum Gasteiger partial charge on any atom is 0.137 e. The van der Waals surface area contributed by atoms with Crippen molar-refractivity contribution in [3.63, 3.8) is 0 Å². The smallest absolute Gasteiger partial charge is 0.137 e. The first kappa shape index (κ1) is 13.4. The Bertz CT molecular complexity index is 498. The van der Waals surface area contributed by atoms with Crippen molar-refractivity contribution in [3.05, 3.63) is 51.2 Å². The highest BCUT2D eigenvalue weighted by molar-refractivity contribution is 7.10. The van der Waals surface area contributed by atoms with Crippen molar-refractivity contribution in [1.82, 2.24) is 5.32 Å². The molecule has 0 spiro atoms. The highest BCUT2D eigenvalue weighted by atomic mass is 35.5. The van der Waals surface area contributed by atoms with Crippen LogP contribution in [0, 0.1) is 6.92 Å². The third-order valence-electron chi connectivity index (χ3n) is 2.63. The van der Waals surface area contributed by atoms with Gasteiger partial charge in [-0.15, -0.1) is 11.3 Å². The van der Waals surface area contributed by atoms with Crippen LogP contribution in [0.4, 0.5) is 0 Å². The Morgan fingerprint density at radius 3 is 2.83 bits per heavy atom. The maximum absolute atomic E-state index is 6.00. The van der Waals surface area contributed by atoms with Crippen molar-refractivity contribution >= 4 is 22.9 Å². The standard InChI is InChI=1S/C14H16ClNOS/c1-11-6-9-18-14(11)10-16-7-8-17-13-5-3-2-4-12(13)15/h2-6,9,16H,7-8,10H2,1H3. The van der Waals surface area contributed by atoms with Crippen LogP contribution in [0.1, 0.15) is 10.4 Å². The summed E-state index contributed by atoms with van der Waals surface area (Å²) in [6, 6.07) is 9.67. The first-order valence-corrected chi connectivity index (χ1v) is 7.14. The Balaban J connectivity index is 1.68. The second-order valence-electron chi connectivity index (χ2n) is 3.98. The molecule has 2 rings (SSSR count). The molecular formula is C14H16ClNOS. The first-order valence-electron chi connectivity index (χ1n) is 5.88. The summed E-state index contributed by atoms with van der Waals surface area (Å²) in [5.41, 5.74) is 1.35. The molecule has 2 aromatic rings. The van der Waals surface area contributed by atoms with Gasteiger partial charge in [-0.05, 0) is 36.1 Å².